The molecule has 0 spiro atoms. The lowest BCUT2D eigenvalue weighted by atomic mass is 10.1. The third kappa shape index (κ3) is 1.89. The average Bonchev–Trinajstić information content (AvgIpc) is 2.60. The van der Waals surface area contributed by atoms with E-state index in [4.69, 9.17) is 19.9 Å². The molecule has 88 valence electrons. The van der Waals surface area contributed by atoms with Gasteiger partial charge in [-0.1, -0.05) is 0 Å². The highest BCUT2D eigenvalue weighted by Gasteiger charge is 2.55. The van der Waals surface area contributed by atoms with Gasteiger partial charge in [-0.05, 0) is 13.8 Å². The molecule has 0 bridgehead atoms. The normalized spacial score (nSPS) is 45.4. The van der Waals surface area contributed by atoms with Gasteiger partial charge in [0.15, 0.2) is 12.1 Å². The largest absolute Gasteiger partial charge is 0.389 e. The summed E-state index contributed by atoms with van der Waals surface area (Å²) in [6, 6.07) is 0. The van der Waals surface area contributed by atoms with Crippen LogP contribution in [-0.4, -0.2) is 53.3 Å². The lowest BCUT2D eigenvalue weighted by Crippen LogP contribution is -2.43. The van der Waals surface area contributed by atoms with Gasteiger partial charge in [-0.3, -0.25) is 0 Å². The molecule has 2 heterocycles. The summed E-state index contributed by atoms with van der Waals surface area (Å²) in [4.78, 5) is 0. The fourth-order valence-corrected chi connectivity index (χ4v) is 1.97. The van der Waals surface area contributed by atoms with E-state index in [0.29, 0.717) is 0 Å². The summed E-state index contributed by atoms with van der Waals surface area (Å²) >= 11 is 0. The van der Waals surface area contributed by atoms with Gasteiger partial charge in [-0.25, -0.2) is 0 Å². The molecule has 0 aromatic carbocycles. The van der Waals surface area contributed by atoms with E-state index in [2.05, 4.69) is 0 Å². The SMILES string of the molecule is CC1(C)O[C@@H]2O[C@@H](C(O)CN)C(O)[C@@H]2O1. The third-order valence-corrected chi connectivity index (χ3v) is 2.67. The first-order valence-electron chi connectivity index (χ1n) is 5.02. The molecule has 0 aliphatic carbocycles. The highest BCUT2D eigenvalue weighted by Crippen LogP contribution is 2.37. The van der Waals surface area contributed by atoms with Gasteiger partial charge < -0.3 is 30.2 Å². The van der Waals surface area contributed by atoms with Crippen molar-refractivity contribution in [2.45, 2.75) is 50.3 Å². The topological polar surface area (TPSA) is 94.2 Å². The van der Waals surface area contributed by atoms with Crippen LogP contribution in [0.3, 0.4) is 0 Å². The number of fused-ring (bicyclic) bond motifs is 1. The van der Waals surface area contributed by atoms with E-state index in [9.17, 15) is 10.2 Å². The molecule has 4 N–H and O–H groups in total. The van der Waals surface area contributed by atoms with Crippen molar-refractivity contribution < 1.29 is 24.4 Å². The van der Waals surface area contributed by atoms with Crippen molar-refractivity contribution in [1.29, 1.82) is 0 Å². The van der Waals surface area contributed by atoms with Gasteiger partial charge in [0, 0.05) is 6.54 Å². The molecule has 15 heavy (non-hydrogen) atoms. The van der Waals surface area contributed by atoms with Crippen molar-refractivity contribution in [3.63, 3.8) is 0 Å². The Morgan fingerprint density at radius 1 is 1.40 bits per heavy atom. The molecular formula is C9H17NO5. The maximum absolute atomic E-state index is 9.85. The maximum atomic E-state index is 9.85. The molecule has 2 saturated heterocycles. The van der Waals surface area contributed by atoms with E-state index in [-0.39, 0.29) is 6.54 Å². The first kappa shape index (κ1) is 11.3. The summed E-state index contributed by atoms with van der Waals surface area (Å²) in [6.45, 7) is 3.52. The second kappa shape index (κ2) is 3.65. The molecule has 0 amide bonds. The molecule has 0 radical (unpaired) electrons. The van der Waals surface area contributed by atoms with E-state index >= 15 is 0 Å². The van der Waals surface area contributed by atoms with Crippen LogP contribution >= 0.6 is 0 Å². The van der Waals surface area contributed by atoms with Gasteiger partial charge >= 0.3 is 0 Å². The third-order valence-electron chi connectivity index (χ3n) is 2.67. The monoisotopic (exact) mass is 219 g/mol. The molecule has 5 atom stereocenters. The molecule has 0 aromatic heterocycles. The van der Waals surface area contributed by atoms with Gasteiger partial charge in [0.05, 0.1) is 6.10 Å². The summed E-state index contributed by atoms with van der Waals surface area (Å²) in [5, 5.41) is 19.3. The van der Waals surface area contributed by atoms with Crippen LogP contribution in [0.5, 0.6) is 0 Å². The second-order valence-corrected chi connectivity index (χ2v) is 4.36. The maximum Gasteiger partial charge on any atom is 0.190 e. The Kier molecular flexibility index (Phi) is 2.74. The van der Waals surface area contributed by atoms with Crippen LogP contribution in [0.4, 0.5) is 0 Å². The van der Waals surface area contributed by atoms with Crippen LogP contribution < -0.4 is 5.73 Å². The van der Waals surface area contributed by atoms with E-state index in [1.54, 1.807) is 13.8 Å². The summed E-state index contributed by atoms with van der Waals surface area (Å²) in [6.07, 6.45) is -3.72. The lowest BCUT2D eigenvalue weighted by molar-refractivity contribution is -0.225. The molecule has 2 fully saturated rings. The van der Waals surface area contributed by atoms with Crippen molar-refractivity contribution in [2.24, 2.45) is 5.73 Å². The van der Waals surface area contributed by atoms with Crippen LogP contribution in [0.25, 0.3) is 0 Å². The first-order chi connectivity index (χ1) is 6.94. The minimum atomic E-state index is -0.907. The Bertz CT molecular complexity index is 247. The van der Waals surface area contributed by atoms with E-state index in [1.165, 1.54) is 0 Å². The second-order valence-electron chi connectivity index (χ2n) is 4.36. The Morgan fingerprint density at radius 2 is 2.07 bits per heavy atom. The molecule has 2 rings (SSSR count). The Balaban J connectivity index is 2.05. The highest BCUT2D eigenvalue weighted by molar-refractivity contribution is 4.95. The number of nitrogens with two attached hydrogens (primary N) is 1. The predicted molar refractivity (Wildman–Crippen MR) is 49.8 cm³/mol. The quantitative estimate of drug-likeness (QED) is 0.525. The van der Waals surface area contributed by atoms with E-state index in [1.807, 2.05) is 0 Å². The number of hydrogen-bond donors (Lipinski definition) is 3. The average molecular weight is 219 g/mol. The van der Waals surface area contributed by atoms with Gasteiger partial charge in [0.1, 0.15) is 18.3 Å². The van der Waals surface area contributed by atoms with Crippen molar-refractivity contribution in [3.8, 4) is 0 Å². The molecule has 6 nitrogen and oxygen atoms in total. The van der Waals surface area contributed by atoms with Crippen LogP contribution in [0, 0.1) is 0 Å². The summed E-state index contributed by atoms with van der Waals surface area (Å²) in [7, 11) is 0. The molecule has 2 aliphatic heterocycles. The molecule has 0 saturated carbocycles. The Hall–Kier alpha value is -0.240. The minimum Gasteiger partial charge on any atom is -0.389 e. The van der Waals surface area contributed by atoms with E-state index in [0.717, 1.165) is 0 Å². The van der Waals surface area contributed by atoms with Gasteiger partial charge in [0.2, 0.25) is 0 Å². The summed E-state index contributed by atoms with van der Waals surface area (Å²) in [5.74, 6) is -0.755. The minimum absolute atomic E-state index is 0.0323. The van der Waals surface area contributed by atoms with Crippen molar-refractivity contribution >= 4 is 0 Å². The smallest absolute Gasteiger partial charge is 0.190 e. The Labute approximate surface area is 87.9 Å². The predicted octanol–water partition coefficient (Wildman–Crippen LogP) is -1.46. The molecule has 2 unspecified atom stereocenters. The van der Waals surface area contributed by atoms with E-state index < -0.39 is 36.5 Å². The fourth-order valence-electron chi connectivity index (χ4n) is 1.97. The van der Waals surface area contributed by atoms with Crippen LogP contribution in [0.1, 0.15) is 13.8 Å². The summed E-state index contributed by atoms with van der Waals surface area (Å²) < 4.78 is 16.2. The molecule has 2 aliphatic rings. The zero-order valence-electron chi connectivity index (χ0n) is 8.79. The first-order valence-corrected chi connectivity index (χ1v) is 5.02. The number of aliphatic hydroxyl groups is 2. The zero-order valence-corrected chi connectivity index (χ0v) is 8.79. The van der Waals surface area contributed by atoms with Crippen LogP contribution in [0.15, 0.2) is 0 Å². The van der Waals surface area contributed by atoms with Crippen LogP contribution in [0.2, 0.25) is 0 Å². The Morgan fingerprint density at radius 3 is 2.60 bits per heavy atom. The van der Waals surface area contributed by atoms with Gasteiger partial charge in [-0.15, -0.1) is 0 Å². The number of hydrogen-bond acceptors (Lipinski definition) is 6. The van der Waals surface area contributed by atoms with Crippen molar-refractivity contribution in [3.05, 3.63) is 0 Å². The molecular weight excluding hydrogens is 202 g/mol. The summed E-state index contributed by atoms with van der Waals surface area (Å²) in [5.41, 5.74) is 5.29. The molecule has 0 aromatic rings. The fraction of sp³-hybridized carbons (Fsp3) is 1.00. The zero-order chi connectivity index (χ0) is 11.2. The van der Waals surface area contributed by atoms with Gasteiger partial charge in [-0.2, -0.15) is 0 Å². The van der Waals surface area contributed by atoms with Crippen molar-refractivity contribution in [2.75, 3.05) is 6.54 Å². The molecule has 6 heteroatoms. The number of rotatable bonds is 2. The standard InChI is InChI=1S/C9H17NO5/c1-9(2)14-7-5(12)6(4(11)3-10)13-8(7)15-9/h4-8,11-12H,3,10H2,1-2H3/t4?,5?,6-,7-,8-/m0/s1. The lowest BCUT2D eigenvalue weighted by Gasteiger charge is -2.25. The number of aliphatic hydroxyl groups excluding tert-OH is 2. The van der Waals surface area contributed by atoms with Crippen LogP contribution in [-0.2, 0) is 14.2 Å². The van der Waals surface area contributed by atoms with Gasteiger partial charge in [0.25, 0.3) is 0 Å². The highest BCUT2D eigenvalue weighted by atomic mass is 16.8. The number of ether oxygens (including phenoxy) is 3. The van der Waals surface area contributed by atoms with Crippen molar-refractivity contribution in [1.82, 2.24) is 0 Å².